The van der Waals surface area contributed by atoms with Gasteiger partial charge in [0.25, 0.3) is 5.69 Å². The fourth-order valence-electron chi connectivity index (χ4n) is 2.03. The van der Waals surface area contributed by atoms with E-state index in [9.17, 15) is 14.9 Å². The molecule has 1 rings (SSSR count). The molecule has 0 radical (unpaired) electrons. The predicted molar refractivity (Wildman–Crippen MR) is 78.6 cm³/mol. The number of nitro groups is 1. The summed E-state index contributed by atoms with van der Waals surface area (Å²) in [6, 6.07) is 3.96. The molecular formula is C14H20N2O5. The third kappa shape index (κ3) is 4.71. The van der Waals surface area contributed by atoms with Gasteiger partial charge in [-0.05, 0) is 24.3 Å². The van der Waals surface area contributed by atoms with Crippen LogP contribution in [0.25, 0.3) is 0 Å². The van der Waals surface area contributed by atoms with Crippen molar-refractivity contribution in [2.45, 2.75) is 26.7 Å². The van der Waals surface area contributed by atoms with Crippen LogP contribution in [0.3, 0.4) is 0 Å². The van der Waals surface area contributed by atoms with Crippen LogP contribution in [-0.4, -0.2) is 34.3 Å². The van der Waals surface area contributed by atoms with Crippen molar-refractivity contribution in [3.05, 3.63) is 33.9 Å². The van der Waals surface area contributed by atoms with Crippen LogP contribution in [0, 0.1) is 15.5 Å². The lowest BCUT2D eigenvalue weighted by Crippen LogP contribution is -2.24. The Hall–Kier alpha value is -2.15. The van der Waals surface area contributed by atoms with E-state index in [4.69, 9.17) is 10.2 Å². The topological polar surface area (TPSA) is 113 Å². The molecule has 7 heteroatoms. The zero-order valence-corrected chi connectivity index (χ0v) is 12.1. The van der Waals surface area contributed by atoms with Gasteiger partial charge in [0.15, 0.2) is 0 Å². The second kappa shape index (κ2) is 7.03. The first kappa shape index (κ1) is 16.9. The average Bonchev–Trinajstić information content (AvgIpc) is 2.42. The molecular weight excluding hydrogens is 276 g/mol. The second-order valence-electron chi connectivity index (χ2n) is 5.61. The summed E-state index contributed by atoms with van der Waals surface area (Å²) in [7, 11) is 0. The summed E-state index contributed by atoms with van der Waals surface area (Å²) >= 11 is 0. The summed E-state index contributed by atoms with van der Waals surface area (Å²) in [5.41, 5.74) is -0.579. The number of nitrogens with zero attached hydrogens (tertiary/aromatic N) is 1. The Bertz CT molecular complexity index is 496. The number of benzene rings is 1. The van der Waals surface area contributed by atoms with E-state index in [0.717, 1.165) is 6.42 Å². The maximum Gasteiger partial charge on any atom is 0.338 e. The minimum absolute atomic E-state index is 0.0204. The van der Waals surface area contributed by atoms with Crippen molar-refractivity contribution in [3.8, 4) is 0 Å². The largest absolute Gasteiger partial charge is 0.478 e. The normalized spacial score (nSPS) is 11.2. The van der Waals surface area contributed by atoms with Crippen molar-refractivity contribution < 1.29 is 19.9 Å². The number of hydrogen-bond acceptors (Lipinski definition) is 5. The molecule has 0 amide bonds. The SMILES string of the molecule is CC(C)(CCCO)CNc1c(C(=O)O)cccc1[N+](=O)[O-]. The van der Waals surface area contributed by atoms with Crippen molar-refractivity contribution in [2.24, 2.45) is 5.41 Å². The van der Waals surface area contributed by atoms with Gasteiger partial charge in [0.1, 0.15) is 5.69 Å². The lowest BCUT2D eigenvalue weighted by Gasteiger charge is -2.25. The van der Waals surface area contributed by atoms with Crippen molar-refractivity contribution in [2.75, 3.05) is 18.5 Å². The minimum Gasteiger partial charge on any atom is -0.478 e. The van der Waals surface area contributed by atoms with Crippen LogP contribution < -0.4 is 5.32 Å². The van der Waals surface area contributed by atoms with E-state index < -0.39 is 10.9 Å². The van der Waals surface area contributed by atoms with E-state index in [2.05, 4.69) is 5.32 Å². The van der Waals surface area contributed by atoms with Gasteiger partial charge in [-0.2, -0.15) is 0 Å². The quantitative estimate of drug-likeness (QED) is 0.502. The summed E-state index contributed by atoms with van der Waals surface area (Å²) in [4.78, 5) is 21.6. The van der Waals surface area contributed by atoms with Crippen LogP contribution in [-0.2, 0) is 0 Å². The molecule has 0 aromatic heterocycles. The number of aliphatic hydroxyl groups is 1. The first-order valence-electron chi connectivity index (χ1n) is 6.64. The Kier molecular flexibility index (Phi) is 5.66. The molecule has 3 N–H and O–H groups in total. The smallest absolute Gasteiger partial charge is 0.338 e. The highest BCUT2D eigenvalue weighted by Crippen LogP contribution is 2.30. The molecule has 0 aliphatic rings. The Morgan fingerprint density at radius 2 is 2.10 bits per heavy atom. The first-order chi connectivity index (χ1) is 9.78. The fraction of sp³-hybridized carbons (Fsp3) is 0.500. The molecule has 0 heterocycles. The number of nitrogens with one attached hydrogen (secondary N) is 1. The van der Waals surface area contributed by atoms with Crippen molar-refractivity contribution >= 4 is 17.3 Å². The highest BCUT2D eigenvalue weighted by atomic mass is 16.6. The van der Waals surface area contributed by atoms with E-state index >= 15 is 0 Å². The summed E-state index contributed by atoms with van der Waals surface area (Å²) in [5.74, 6) is -1.21. The monoisotopic (exact) mass is 296 g/mol. The van der Waals surface area contributed by atoms with Gasteiger partial charge in [-0.25, -0.2) is 4.79 Å². The molecule has 0 aliphatic heterocycles. The molecule has 0 bridgehead atoms. The van der Waals surface area contributed by atoms with Crippen molar-refractivity contribution in [3.63, 3.8) is 0 Å². The molecule has 0 saturated carbocycles. The third-order valence-corrected chi connectivity index (χ3v) is 3.22. The van der Waals surface area contributed by atoms with Crippen LogP contribution in [0.2, 0.25) is 0 Å². The minimum atomic E-state index is -1.21. The predicted octanol–water partition coefficient (Wildman–Crippen LogP) is 2.50. The van der Waals surface area contributed by atoms with Crippen molar-refractivity contribution in [1.29, 1.82) is 0 Å². The van der Waals surface area contributed by atoms with Crippen LogP contribution >= 0.6 is 0 Å². The Morgan fingerprint density at radius 1 is 1.43 bits per heavy atom. The van der Waals surface area contributed by atoms with Gasteiger partial charge >= 0.3 is 5.97 Å². The molecule has 0 atom stereocenters. The Labute approximate surface area is 122 Å². The highest BCUT2D eigenvalue weighted by Gasteiger charge is 2.24. The zero-order chi connectivity index (χ0) is 16.0. The van der Waals surface area contributed by atoms with Gasteiger partial charge < -0.3 is 15.5 Å². The van der Waals surface area contributed by atoms with Gasteiger partial charge in [-0.15, -0.1) is 0 Å². The number of para-hydroxylation sites is 1. The second-order valence-corrected chi connectivity index (χ2v) is 5.61. The molecule has 0 aliphatic carbocycles. The van der Waals surface area contributed by atoms with Crippen LogP contribution in [0.5, 0.6) is 0 Å². The highest BCUT2D eigenvalue weighted by molar-refractivity contribution is 5.96. The maximum atomic E-state index is 11.2. The summed E-state index contributed by atoms with van der Waals surface area (Å²) in [6.07, 6.45) is 1.34. The fourth-order valence-corrected chi connectivity index (χ4v) is 2.03. The average molecular weight is 296 g/mol. The standard InChI is InChI=1S/C14H20N2O5/c1-14(2,7-4-8-17)9-15-12-10(13(18)19)5-3-6-11(12)16(20)21/h3,5-6,15,17H,4,7-9H2,1-2H3,(H,18,19). The molecule has 0 spiro atoms. The van der Waals surface area contributed by atoms with E-state index in [0.29, 0.717) is 13.0 Å². The number of aromatic carboxylic acids is 1. The molecule has 116 valence electrons. The van der Waals surface area contributed by atoms with Crippen LogP contribution in [0.4, 0.5) is 11.4 Å². The number of carboxylic acid groups (broad SMARTS) is 1. The van der Waals surface area contributed by atoms with E-state index in [1.807, 2.05) is 13.8 Å². The van der Waals surface area contributed by atoms with Gasteiger partial charge in [-0.3, -0.25) is 10.1 Å². The number of aliphatic hydroxyl groups excluding tert-OH is 1. The molecule has 1 aromatic carbocycles. The molecule has 1 aromatic rings. The van der Waals surface area contributed by atoms with E-state index in [-0.39, 0.29) is 29.0 Å². The number of hydrogen-bond donors (Lipinski definition) is 3. The van der Waals surface area contributed by atoms with E-state index in [1.165, 1.54) is 18.2 Å². The summed E-state index contributed by atoms with van der Waals surface area (Å²) in [5, 5.41) is 31.9. The lowest BCUT2D eigenvalue weighted by atomic mass is 9.87. The third-order valence-electron chi connectivity index (χ3n) is 3.22. The number of carboxylic acids is 1. The summed E-state index contributed by atoms with van der Waals surface area (Å²) < 4.78 is 0. The number of carbonyl (C=O) groups is 1. The molecule has 0 saturated heterocycles. The Morgan fingerprint density at radius 3 is 2.62 bits per heavy atom. The molecule has 7 nitrogen and oxygen atoms in total. The lowest BCUT2D eigenvalue weighted by molar-refractivity contribution is -0.384. The van der Waals surface area contributed by atoms with Gasteiger partial charge in [0.2, 0.25) is 0 Å². The zero-order valence-electron chi connectivity index (χ0n) is 12.1. The molecule has 0 unspecified atom stereocenters. The van der Waals surface area contributed by atoms with Crippen LogP contribution in [0.15, 0.2) is 18.2 Å². The maximum absolute atomic E-state index is 11.2. The van der Waals surface area contributed by atoms with Gasteiger partial charge in [0.05, 0.1) is 10.5 Å². The Balaban J connectivity index is 3.00. The molecule has 21 heavy (non-hydrogen) atoms. The van der Waals surface area contributed by atoms with Gasteiger partial charge in [0, 0.05) is 19.2 Å². The number of anilines is 1. The first-order valence-corrected chi connectivity index (χ1v) is 6.64. The molecule has 0 fully saturated rings. The number of nitro benzene ring substituents is 1. The number of rotatable bonds is 8. The summed E-state index contributed by atoms with van der Waals surface area (Å²) in [6.45, 7) is 4.35. The van der Waals surface area contributed by atoms with Crippen molar-refractivity contribution in [1.82, 2.24) is 0 Å². The van der Waals surface area contributed by atoms with Gasteiger partial charge in [-0.1, -0.05) is 19.9 Å². The van der Waals surface area contributed by atoms with Crippen LogP contribution in [0.1, 0.15) is 37.0 Å². The van der Waals surface area contributed by atoms with E-state index in [1.54, 1.807) is 0 Å².